The maximum Gasteiger partial charge on any atom is 0.307 e. The Morgan fingerprint density at radius 1 is 1.32 bits per heavy atom. The van der Waals surface area contributed by atoms with Crippen molar-refractivity contribution in [2.24, 2.45) is 0 Å². The number of carbonyl (C=O) groups is 2. The molecule has 0 spiro atoms. The highest BCUT2D eigenvalue weighted by molar-refractivity contribution is 7.13. The molecule has 116 valence electrons. The van der Waals surface area contributed by atoms with E-state index in [9.17, 15) is 9.59 Å². The molecule has 0 aliphatic heterocycles. The molecule has 1 aromatic carbocycles. The topological polar surface area (TPSA) is 68.3 Å². The Hall–Kier alpha value is -2.21. The predicted octanol–water partition coefficient (Wildman–Crippen LogP) is 2.80. The normalized spacial score (nSPS) is 11.8. The molecule has 1 N–H and O–H groups in total. The van der Waals surface area contributed by atoms with Crippen molar-refractivity contribution in [3.8, 4) is 10.6 Å². The Kier molecular flexibility index (Phi) is 5.27. The number of aromatic nitrogens is 1. The van der Waals surface area contributed by atoms with Crippen molar-refractivity contribution >= 4 is 23.2 Å². The van der Waals surface area contributed by atoms with Gasteiger partial charge in [-0.15, -0.1) is 11.3 Å². The van der Waals surface area contributed by atoms with Crippen molar-refractivity contribution in [1.82, 2.24) is 10.3 Å². The first-order valence-electron chi connectivity index (χ1n) is 6.90. The fraction of sp³-hybridized carbons (Fsp3) is 0.312. The van der Waals surface area contributed by atoms with E-state index in [4.69, 9.17) is 0 Å². The second-order valence-corrected chi connectivity index (χ2v) is 5.92. The Morgan fingerprint density at radius 3 is 2.64 bits per heavy atom. The van der Waals surface area contributed by atoms with E-state index < -0.39 is 0 Å². The summed E-state index contributed by atoms with van der Waals surface area (Å²) in [7, 11) is 1.32. The van der Waals surface area contributed by atoms with Gasteiger partial charge in [0.1, 0.15) is 10.7 Å². The van der Waals surface area contributed by atoms with Crippen LogP contribution in [0.3, 0.4) is 0 Å². The Bertz CT molecular complexity index is 664. The van der Waals surface area contributed by atoms with Crippen LogP contribution in [0, 0.1) is 6.92 Å². The van der Waals surface area contributed by atoms with Gasteiger partial charge >= 0.3 is 5.97 Å². The van der Waals surface area contributed by atoms with Gasteiger partial charge in [0.25, 0.3) is 5.91 Å². The minimum absolute atomic E-state index is 0.136. The number of hydrogen-bond acceptors (Lipinski definition) is 5. The van der Waals surface area contributed by atoms with Crippen molar-refractivity contribution in [2.75, 3.05) is 7.11 Å². The molecule has 1 atom stereocenters. The third-order valence-corrected chi connectivity index (χ3v) is 4.00. The number of thiazole rings is 1. The van der Waals surface area contributed by atoms with E-state index in [0.29, 0.717) is 5.69 Å². The zero-order valence-corrected chi connectivity index (χ0v) is 13.6. The number of carbonyl (C=O) groups excluding carboxylic acids is 2. The van der Waals surface area contributed by atoms with E-state index in [1.54, 1.807) is 12.3 Å². The number of ether oxygens (including phenoxy) is 1. The summed E-state index contributed by atoms with van der Waals surface area (Å²) in [6, 6.07) is 7.68. The van der Waals surface area contributed by atoms with Crippen LogP contribution in [0.1, 0.15) is 29.4 Å². The van der Waals surface area contributed by atoms with Gasteiger partial charge in [0.05, 0.1) is 13.5 Å². The Labute approximate surface area is 133 Å². The van der Waals surface area contributed by atoms with Gasteiger partial charge in [-0.3, -0.25) is 9.59 Å². The maximum atomic E-state index is 12.1. The molecular formula is C16H18N2O3S. The highest BCUT2D eigenvalue weighted by Gasteiger charge is 2.16. The average Bonchev–Trinajstić information content (AvgIpc) is 2.97. The molecule has 2 rings (SSSR count). The van der Waals surface area contributed by atoms with Gasteiger partial charge in [0.15, 0.2) is 0 Å². The summed E-state index contributed by atoms with van der Waals surface area (Å²) in [6.45, 7) is 3.77. The van der Waals surface area contributed by atoms with Crippen molar-refractivity contribution in [3.05, 3.63) is 40.9 Å². The van der Waals surface area contributed by atoms with Gasteiger partial charge < -0.3 is 10.1 Å². The second-order valence-electron chi connectivity index (χ2n) is 5.06. The molecule has 0 radical (unpaired) electrons. The van der Waals surface area contributed by atoms with Crippen LogP contribution in [0.15, 0.2) is 29.6 Å². The van der Waals surface area contributed by atoms with Crippen LogP contribution < -0.4 is 5.32 Å². The molecule has 0 fully saturated rings. The summed E-state index contributed by atoms with van der Waals surface area (Å²) in [6.07, 6.45) is 0.136. The Balaban J connectivity index is 2.03. The third-order valence-electron chi connectivity index (χ3n) is 3.11. The number of hydrogen-bond donors (Lipinski definition) is 1. The van der Waals surface area contributed by atoms with Crippen molar-refractivity contribution in [2.45, 2.75) is 26.3 Å². The predicted molar refractivity (Wildman–Crippen MR) is 85.8 cm³/mol. The van der Waals surface area contributed by atoms with Crippen LogP contribution in [-0.2, 0) is 9.53 Å². The molecule has 0 bridgehead atoms. The van der Waals surface area contributed by atoms with Crippen LogP contribution in [-0.4, -0.2) is 30.0 Å². The largest absolute Gasteiger partial charge is 0.469 e. The molecule has 1 heterocycles. The molecule has 0 aliphatic carbocycles. The van der Waals surface area contributed by atoms with Gasteiger partial charge in [-0.25, -0.2) is 4.98 Å². The molecule has 1 amide bonds. The zero-order chi connectivity index (χ0) is 16.1. The monoisotopic (exact) mass is 318 g/mol. The van der Waals surface area contributed by atoms with Crippen LogP contribution in [0.5, 0.6) is 0 Å². The summed E-state index contributed by atoms with van der Waals surface area (Å²) in [5.41, 5.74) is 2.52. The van der Waals surface area contributed by atoms with Gasteiger partial charge in [-0.2, -0.15) is 0 Å². The number of rotatable bonds is 5. The van der Waals surface area contributed by atoms with Crippen molar-refractivity contribution < 1.29 is 14.3 Å². The van der Waals surface area contributed by atoms with Crippen molar-refractivity contribution in [1.29, 1.82) is 0 Å². The lowest BCUT2D eigenvalue weighted by molar-refractivity contribution is -0.141. The smallest absolute Gasteiger partial charge is 0.307 e. The lowest BCUT2D eigenvalue weighted by atomic mass is 10.2. The number of amides is 1. The van der Waals surface area contributed by atoms with E-state index in [1.165, 1.54) is 24.0 Å². The summed E-state index contributed by atoms with van der Waals surface area (Å²) in [5.74, 6) is -0.641. The van der Waals surface area contributed by atoms with E-state index >= 15 is 0 Å². The first-order chi connectivity index (χ1) is 10.5. The molecule has 2 aromatic rings. The quantitative estimate of drug-likeness (QED) is 0.861. The van der Waals surface area contributed by atoms with Gasteiger partial charge in [0, 0.05) is 17.0 Å². The molecule has 0 saturated carbocycles. The first kappa shape index (κ1) is 16.2. The van der Waals surface area contributed by atoms with Gasteiger partial charge in [-0.05, 0) is 13.8 Å². The van der Waals surface area contributed by atoms with Gasteiger partial charge in [-0.1, -0.05) is 29.8 Å². The molecule has 0 saturated heterocycles. The molecule has 6 heteroatoms. The summed E-state index contributed by atoms with van der Waals surface area (Å²) >= 11 is 1.42. The van der Waals surface area contributed by atoms with Crippen LogP contribution >= 0.6 is 11.3 Å². The average molecular weight is 318 g/mol. The van der Waals surface area contributed by atoms with E-state index in [-0.39, 0.29) is 24.3 Å². The summed E-state index contributed by atoms with van der Waals surface area (Å²) in [4.78, 5) is 27.6. The fourth-order valence-corrected chi connectivity index (χ4v) is 2.70. The lowest BCUT2D eigenvalue weighted by Gasteiger charge is -2.11. The van der Waals surface area contributed by atoms with Crippen molar-refractivity contribution in [3.63, 3.8) is 0 Å². The van der Waals surface area contributed by atoms with Gasteiger partial charge in [0.2, 0.25) is 0 Å². The van der Waals surface area contributed by atoms with Crippen LogP contribution in [0.4, 0.5) is 0 Å². The molecule has 5 nitrogen and oxygen atoms in total. The molecule has 1 unspecified atom stereocenters. The molecule has 1 aromatic heterocycles. The highest BCUT2D eigenvalue weighted by atomic mass is 32.1. The molecule has 0 aliphatic rings. The lowest BCUT2D eigenvalue weighted by Crippen LogP contribution is -2.34. The van der Waals surface area contributed by atoms with E-state index in [2.05, 4.69) is 15.0 Å². The number of benzene rings is 1. The molecule has 22 heavy (non-hydrogen) atoms. The standard InChI is InChI=1S/C16H18N2O3S/c1-10-4-6-12(7-5-10)16-18-13(9-22-16)15(20)17-11(2)8-14(19)21-3/h4-7,9,11H,8H2,1-3H3,(H,17,20). The zero-order valence-electron chi connectivity index (χ0n) is 12.8. The Morgan fingerprint density at radius 2 is 2.00 bits per heavy atom. The highest BCUT2D eigenvalue weighted by Crippen LogP contribution is 2.24. The number of esters is 1. The second kappa shape index (κ2) is 7.17. The minimum Gasteiger partial charge on any atom is -0.469 e. The minimum atomic E-state index is -0.355. The van der Waals surface area contributed by atoms with E-state index in [0.717, 1.165) is 10.6 Å². The van der Waals surface area contributed by atoms with Crippen LogP contribution in [0.2, 0.25) is 0 Å². The SMILES string of the molecule is COC(=O)CC(C)NC(=O)c1csc(-c2ccc(C)cc2)n1. The molecular weight excluding hydrogens is 300 g/mol. The number of aryl methyl sites for hydroxylation is 1. The summed E-state index contributed by atoms with van der Waals surface area (Å²) < 4.78 is 4.58. The number of nitrogens with one attached hydrogen (secondary N) is 1. The van der Waals surface area contributed by atoms with Crippen LogP contribution in [0.25, 0.3) is 10.6 Å². The maximum absolute atomic E-state index is 12.1. The number of nitrogens with zero attached hydrogens (tertiary/aromatic N) is 1. The van der Waals surface area contributed by atoms with E-state index in [1.807, 2.05) is 31.2 Å². The summed E-state index contributed by atoms with van der Waals surface area (Å²) in [5, 5.41) is 5.25. The first-order valence-corrected chi connectivity index (χ1v) is 7.78. The fourth-order valence-electron chi connectivity index (χ4n) is 1.89. The number of methoxy groups -OCH3 is 1. The third kappa shape index (κ3) is 4.14.